The highest BCUT2D eigenvalue weighted by Crippen LogP contribution is 2.23. The number of hydrogen-bond donors (Lipinski definition) is 2. The molecule has 0 radical (unpaired) electrons. The van der Waals surface area contributed by atoms with Gasteiger partial charge in [-0.05, 0) is 75.2 Å². The lowest BCUT2D eigenvalue weighted by Gasteiger charge is -2.31. The molecule has 0 bridgehead atoms. The average molecular weight is 496 g/mol. The molecule has 1 fully saturated rings. The molecular formula is C22H29N3O6S2. The Bertz CT molecular complexity index is 1170. The fraction of sp³-hybridized carbons (Fsp3) is 0.409. The van der Waals surface area contributed by atoms with Crippen molar-refractivity contribution in [3.8, 4) is 5.75 Å². The van der Waals surface area contributed by atoms with Crippen LogP contribution in [0.3, 0.4) is 0 Å². The first kappa shape index (κ1) is 25.2. The molecule has 33 heavy (non-hydrogen) atoms. The highest BCUT2D eigenvalue weighted by atomic mass is 32.2. The quantitative estimate of drug-likeness (QED) is 0.577. The van der Waals surface area contributed by atoms with Gasteiger partial charge in [-0.25, -0.2) is 21.6 Å². The van der Waals surface area contributed by atoms with E-state index in [1.165, 1.54) is 47.8 Å². The maximum Gasteiger partial charge on any atom is 0.251 e. The first-order valence-electron chi connectivity index (χ1n) is 10.6. The van der Waals surface area contributed by atoms with Crippen molar-refractivity contribution in [2.24, 2.45) is 0 Å². The molecule has 9 nitrogen and oxygen atoms in total. The zero-order valence-electron chi connectivity index (χ0n) is 18.8. The number of sulfonamides is 2. The van der Waals surface area contributed by atoms with E-state index in [2.05, 4.69) is 10.0 Å². The summed E-state index contributed by atoms with van der Waals surface area (Å²) in [5.41, 5.74) is 0.340. The number of amides is 1. The molecular weight excluding hydrogens is 466 g/mol. The number of carbonyl (C=O) groups excluding carboxylic acids is 1. The van der Waals surface area contributed by atoms with Gasteiger partial charge in [-0.3, -0.25) is 4.79 Å². The molecule has 2 N–H and O–H groups in total. The summed E-state index contributed by atoms with van der Waals surface area (Å²) in [6.07, 6.45) is 0.956. The van der Waals surface area contributed by atoms with Crippen LogP contribution in [0, 0.1) is 0 Å². The van der Waals surface area contributed by atoms with Crippen LogP contribution in [-0.2, 0) is 20.0 Å². The van der Waals surface area contributed by atoms with Gasteiger partial charge < -0.3 is 10.1 Å². The lowest BCUT2D eigenvalue weighted by atomic mass is 10.1. The van der Waals surface area contributed by atoms with Crippen LogP contribution in [0.2, 0.25) is 0 Å². The standard InChI is InChI=1S/C22H29N3O6S2/c1-16(2)24-32(27,28)20-8-4-17(5-9-20)22(26)23-18-12-14-25(15-13-18)33(29,30)21-10-6-19(31-3)7-11-21/h4-11,16,18,24H,12-15H2,1-3H3,(H,23,26). The Hall–Kier alpha value is -2.47. The van der Waals surface area contributed by atoms with Gasteiger partial charge >= 0.3 is 0 Å². The van der Waals surface area contributed by atoms with E-state index in [1.807, 2.05) is 0 Å². The van der Waals surface area contributed by atoms with Gasteiger partial charge in [-0.1, -0.05) is 0 Å². The second kappa shape index (κ2) is 10.2. The first-order valence-corrected chi connectivity index (χ1v) is 13.5. The fourth-order valence-corrected chi connectivity index (χ4v) is 6.29. The Morgan fingerprint density at radius 3 is 2.00 bits per heavy atom. The predicted molar refractivity (Wildman–Crippen MR) is 124 cm³/mol. The summed E-state index contributed by atoms with van der Waals surface area (Å²) in [5, 5.41) is 2.91. The molecule has 0 spiro atoms. The topological polar surface area (TPSA) is 122 Å². The number of hydrogen-bond acceptors (Lipinski definition) is 6. The summed E-state index contributed by atoms with van der Waals surface area (Å²) >= 11 is 0. The van der Waals surface area contributed by atoms with E-state index in [9.17, 15) is 21.6 Å². The van der Waals surface area contributed by atoms with Gasteiger partial charge in [0, 0.05) is 30.7 Å². The first-order chi connectivity index (χ1) is 15.5. The number of methoxy groups -OCH3 is 1. The van der Waals surface area contributed by atoms with Gasteiger partial charge in [-0.15, -0.1) is 0 Å². The highest BCUT2D eigenvalue weighted by Gasteiger charge is 2.30. The van der Waals surface area contributed by atoms with Crippen molar-refractivity contribution in [3.05, 3.63) is 54.1 Å². The molecule has 1 aliphatic heterocycles. The summed E-state index contributed by atoms with van der Waals surface area (Å²) in [6.45, 7) is 4.04. The summed E-state index contributed by atoms with van der Waals surface area (Å²) in [4.78, 5) is 12.9. The van der Waals surface area contributed by atoms with Crippen molar-refractivity contribution in [2.45, 2.75) is 48.6 Å². The molecule has 11 heteroatoms. The van der Waals surface area contributed by atoms with Crippen molar-refractivity contribution in [1.29, 1.82) is 0 Å². The van der Waals surface area contributed by atoms with E-state index in [0.717, 1.165) is 0 Å². The smallest absolute Gasteiger partial charge is 0.251 e. The van der Waals surface area contributed by atoms with Crippen LogP contribution < -0.4 is 14.8 Å². The molecule has 180 valence electrons. The fourth-order valence-electron chi connectivity index (χ4n) is 3.57. The molecule has 1 saturated heterocycles. The van der Waals surface area contributed by atoms with E-state index in [-0.39, 0.29) is 40.9 Å². The Labute approximate surface area is 195 Å². The van der Waals surface area contributed by atoms with E-state index < -0.39 is 20.0 Å². The van der Waals surface area contributed by atoms with Gasteiger partial charge in [0.05, 0.1) is 16.9 Å². The number of piperidine rings is 1. The van der Waals surface area contributed by atoms with Crippen LogP contribution in [-0.4, -0.2) is 59.3 Å². The number of rotatable bonds is 8. The van der Waals surface area contributed by atoms with Gasteiger partial charge in [-0.2, -0.15) is 4.31 Å². The maximum atomic E-state index is 12.9. The van der Waals surface area contributed by atoms with Crippen LogP contribution in [0.4, 0.5) is 0 Å². The highest BCUT2D eigenvalue weighted by molar-refractivity contribution is 7.89. The zero-order chi connectivity index (χ0) is 24.2. The van der Waals surface area contributed by atoms with Crippen LogP contribution in [0.25, 0.3) is 0 Å². The van der Waals surface area contributed by atoms with Crippen LogP contribution in [0.15, 0.2) is 58.3 Å². The second-order valence-corrected chi connectivity index (χ2v) is 11.8. The van der Waals surface area contributed by atoms with Crippen molar-refractivity contribution in [3.63, 3.8) is 0 Å². The molecule has 0 saturated carbocycles. The number of carbonyl (C=O) groups is 1. The minimum Gasteiger partial charge on any atom is -0.497 e. The third kappa shape index (κ3) is 6.11. The van der Waals surface area contributed by atoms with E-state index in [4.69, 9.17) is 4.74 Å². The zero-order valence-corrected chi connectivity index (χ0v) is 20.4. The molecule has 2 aromatic rings. The molecule has 0 unspecified atom stereocenters. The van der Waals surface area contributed by atoms with Gasteiger partial charge in [0.15, 0.2) is 0 Å². The summed E-state index contributed by atoms with van der Waals surface area (Å²) in [7, 11) is -5.73. The summed E-state index contributed by atoms with van der Waals surface area (Å²) < 4.78 is 59.1. The van der Waals surface area contributed by atoms with E-state index in [0.29, 0.717) is 24.2 Å². The van der Waals surface area contributed by atoms with Gasteiger partial charge in [0.1, 0.15) is 5.75 Å². The lowest BCUT2D eigenvalue weighted by Crippen LogP contribution is -2.46. The monoisotopic (exact) mass is 495 g/mol. The van der Waals surface area contributed by atoms with Gasteiger partial charge in [0.2, 0.25) is 20.0 Å². The molecule has 3 rings (SSSR count). The summed E-state index contributed by atoms with van der Waals surface area (Å²) in [6, 6.07) is 11.5. The lowest BCUT2D eigenvalue weighted by molar-refractivity contribution is 0.0923. The molecule has 2 aromatic carbocycles. The van der Waals surface area contributed by atoms with E-state index >= 15 is 0 Å². The van der Waals surface area contributed by atoms with Crippen molar-refractivity contribution in [1.82, 2.24) is 14.3 Å². The predicted octanol–water partition coefficient (Wildman–Crippen LogP) is 1.97. The Kier molecular flexibility index (Phi) is 7.78. The number of nitrogens with zero attached hydrogens (tertiary/aromatic N) is 1. The largest absolute Gasteiger partial charge is 0.497 e. The average Bonchev–Trinajstić information content (AvgIpc) is 2.78. The van der Waals surface area contributed by atoms with Crippen molar-refractivity contribution < 1.29 is 26.4 Å². The van der Waals surface area contributed by atoms with Crippen LogP contribution in [0.1, 0.15) is 37.0 Å². The molecule has 1 heterocycles. The number of nitrogens with one attached hydrogen (secondary N) is 2. The summed E-state index contributed by atoms with van der Waals surface area (Å²) in [5.74, 6) is 0.254. The third-order valence-corrected chi connectivity index (χ3v) is 8.89. The molecule has 0 aliphatic carbocycles. The van der Waals surface area contributed by atoms with Crippen LogP contribution in [0.5, 0.6) is 5.75 Å². The molecule has 0 atom stereocenters. The van der Waals surface area contributed by atoms with E-state index in [1.54, 1.807) is 26.0 Å². The minimum absolute atomic E-state index is 0.0878. The second-order valence-electron chi connectivity index (χ2n) is 8.13. The SMILES string of the molecule is COc1ccc(S(=O)(=O)N2CCC(NC(=O)c3ccc(S(=O)(=O)NC(C)C)cc3)CC2)cc1. The molecule has 1 aliphatic rings. The number of benzene rings is 2. The third-order valence-electron chi connectivity index (χ3n) is 5.30. The maximum absolute atomic E-state index is 12.9. The van der Waals surface area contributed by atoms with Crippen molar-refractivity contribution >= 4 is 26.0 Å². The Balaban J connectivity index is 1.58. The normalized spacial score (nSPS) is 16.0. The Morgan fingerprint density at radius 1 is 0.939 bits per heavy atom. The van der Waals surface area contributed by atoms with Gasteiger partial charge in [0.25, 0.3) is 5.91 Å². The Morgan fingerprint density at radius 2 is 1.48 bits per heavy atom. The molecule has 1 amide bonds. The van der Waals surface area contributed by atoms with Crippen molar-refractivity contribution in [2.75, 3.05) is 20.2 Å². The molecule has 0 aromatic heterocycles. The van der Waals surface area contributed by atoms with Crippen LogP contribution >= 0.6 is 0 Å². The number of ether oxygens (including phenoxy) is 1. The minimum atomic E-state index is -3.63.